The molecule has 0 spiro atoms. The van der Waals surface area contributed by atoms with Crippen molar-refractivity contribution in [2.24, 2.45) is 0 Å². The second-order valence-electron chi connectivity index (χ2n) is 7.06. The molecule has 1 aliphatic rings. The number of nitrogens with zero attached hydrogens (tertiary/aromatic N) is 4. The van der Waals surface area contributed by atoms with Crippen LogP contribution in [0.2, 0.25) is 0 Å². The maximum Gasteiger partial charge on any atom is 0.288 e. The zero-order valence-corrected chi connectivity index (χ0v) is 18.7. The molecular weight excluding hydrogens is 428 g/mol. The topological polar surface area (TPSA) is 71.6 Å². The number of hydrogen-bond donors (Lipinski definition) is 0. The molecule has 154 valence electrons. The Labute approximate surface area is 179 Å². The summed E-state index contributed by atoms with van der Waals surface area (Å²) in [4.78, 5) is 3.73. The Morgan fingerprint density at radius 2 is 1.90 bits per heavy atom. The highest BCUT2D eigenvalue weighted by Gasteiger charge is 2.29. The fourth-order valence-electron chi connectivity index (χ4n) is 3.22. The van der Waals surface area contributed by atoms with Gasteiger partial charge in [0.15, 0.2) is 0 Å². The number of benzene rings is 1. The lowest BCUT2D eigenvalue weighted by molar-refractivity contribution is 0.143. The highest BCUT2D eigenvalue weighted by atomic mass is 32.2. The number of thiophene rings is 1. The first-order valence-electron chi connectivity index (χ1n) is 9.26. The van der Waals surface area contributed by atoms with Crippen LogP contribution in [-0.2, 0) is 16.7 Å². The highest BCUT2D eigenvalue weighted by Crippen LogP contribution is 2.24. The van der Waals surface area contributed by atoms with Crippen LogP contribution in [0.25, 0.3) is 10.8 Å². The second kappa shape index (κ2) is 8.11. The van der Waals surface area contributed by atoms with Crippen molar-refractivity contribution in [1.29, 1.82) is 0 Å². The van der Waals surface area contributed by atoms with Crippen LogP contribution in [0, 0.1) is 18.7 Å². The van der Waals surface area contributed by atoms with Gasteiger partial charge in [0, 0.05) is 26.2 Å². The molecule has 29 heavy (non-hydrogen) atoms. The van der Waals surface area contributed by atoms with Crippen molar-refractivity contribution in [3.05, 3.63) is 51.7 Å². The summed E-state index contributed by atoms with van der Waals surface area (Å²) in [6.07, 6.45) is 0. The third-order valence-electron chi connectivity index (χ3n) is 5.12. The third-order valence-corrected chi connectivity index (χ3v) is 8.17. The lowest BCUT2D eigenvalue weighted by Gasteiger charge is -2.33. The normalized spacial score (nSPS) is 16.3. The molecule has 0 radical (unpaired) electrons. The van der Waals surface area contributed by atoms with Crippen LogP contribution in [0.15, 0.2) is 45.0 Å². The average Bonchev–Trinajstić information content (AvgIpc) is 3.35. The molecule has 0 N–H and O–H groups in total. The van der Waals surface area contributed by atoms with Crippen molar-refractivity contribution in [2.75, 3.05) is 26.2 Å². The Balaban J connectivity index is 1.42. The van der Waals surface area contributed by atoms with Gasteiger partial charge >= 0.3 is 0 Å². The van der Waals surface area contributed by atoms with E-state index in [2.05, 4.69) is 10.00 Å². The molecule has 0 unspecified atom stereocenters. The van der Waals surface area contributed by atoms with Crippen LogP contribution in [0.5, 0.6) is 0 Å². The van der Waals surface area contributed by atoms with Crippen LogP contribution in [0.1, 0.15) is 11.1 Å². The lowest BCUT2D eigenvalue weighted by atomic mass is 10.1. The maximum atomic E-state index is 13.0. The Morgan fingerprint density at radius 1 is 1.14 bits per heavy atom. The van der Waals surface area contributed by atoms with Gasteiger partial charge in [0.05, 0.1) is 16.4 Å². The van der Waals surface area contributed by atoms with E-state index in [-0.39, 0.29) is 0 Å². The van der Waals surface area contributed by atoms with Crippen LogP contribution >= 0.6 is 23.6 Å². The molecular formula is C19H22N4O3S3. The molecule has 4 rings (SSSR count). The molecule has 0 amide bonds. The van der Waals surface area contributed by atoms with E-state index in [4.69, 9.17) is 16.6 Å². The largest absolute Gasteiger partial charge is 0.408 e. The van der Waals surface area contributed by atoms with Crippen molar-refractivity contribution in [2.45, 2.75) is 25.4 Å². The predicted molar refractivity (Wildman–Crippen MR) is 115 cm³/mol. The molecule has 1 saturated heterocycles. The Bertz CT molecular complexity index is 1160. The van der Waals surface area contributed by atoms with Crippen molar-refractivity contribution in [3.8, 4) is 10.8 Å². The molecule has 1 fully saturated rings. The smallest absolute Gasteiger partial charge is 0.288 e. The van der Waals surface area contributed by atoms with Gasteiger partial charge in [-0.05, 0) is 60.8 Å². The van der Waals surface area contributed by atoms with E-state index < -0.39 is 10.0 Å². The fourth-order valence-corrected chi connectivity index (χ4v) is 5.55. The van der Waals surface area contributed by atoms with Crippen LogP contribution < -0.4 is 0 Å². The number of sulfonamides is 1. The molecule has 0 aliphatic carbocycles. The summed E-state index contributed by atoms with van der Waals surface area (Å²) in [5, 5.41) is 6.42. The minimum absolute atomic E-state index is 0.318. The first-order chi connectivity index (χ1) is 13.8. The Morgan fingerprint density at radius 3 is 2.55 bits per heavy atom. The summed E-state index contributed by atoms with van der Waals surface area (Å²) in [5.74, 6) is 0.515. The number of rotatable bonds is 5. The van der Waals surface area contributed by atoms with Gasteiger partial charge in [-0.25, -0.2) is 13.1 Å². The van der Waals surface area contributed by atoms with Gasteiger partial charge in [0.25, 0.3) is 10.7 Å². The molecule has 0 atom stereocenters. The number of aromatic nitrogens is 2. The first kappa shape index (κ1) is 20.4. The van der Waals surface area contributed by atoms with E-state index >= 15 is 0 Å². The van der Waals surface area contributed by atoms with Crippen LogP contribution in [0.4, 0.5) is 0 Å². The molecule has 0 bridgehead atoms. The van der Waals surface area contributed by atoms with E-state index in [1.165, 1.54) is 0 Å². The van der Waals surface area contributed by atoms with Crippen molar-refractivity contribution in [3.63, 3.8) is 0 Å². The number of hydrogen-bond acceptors (Lipinski definition) is 7. The first-order valence-corrected chi connectivity index (χ1v) is 12.0. The molecule has 1 aromatic carbocycles. The van der Waals surface area contributed by atoms with Crippen molar-refractivity contribution in [1.82, 2.24) is 19.0 Å². The van der Waals surface area contributed by atoms with E-state index in [1.54, 1.807) is 32.5 Å². The quantitative estimate of drug-likeness (QED) is 0.554. The van der Waals surface area contributed by atoms with Gasteiger partial charge < -0.3 is 4.42 Å². The standard InChI is InChI=1S/C19H22N4O3S3/c1-14-5-6-16(12-15(14)2)29(24,25)22-9-7-21(8-10-22)13-23-19(27)26-18(20-23)17-4-3-11-28-17/h3-6,11-12H,7-10,13H2,1-2H3. The van der Waals surface area contributed by atoms with Gasteiger partial charge in [-0.15, -0.1) is 16.4 Å². The summed E-state index contributed by atoms with van der Waals surface area (Å²) in [6, 6.07) is 9.16. The maximum absolute atomic E-state index is 13.0. The molecule has 10 heteroatoms. The van der Waals surface area contributed by atoms with Gasteiger partial charge in [0.2, 0.25) is 10.0 Å². The molecule has 3 heterocycles. The monoisotopic (exact) mass is 450 g/mol. The molecule has 2 aromatic heterocycles. The van der Waals surface area contributed by atoms with Gasteiger partial charge in [-0.2, -0.15) is 4.31 Å². The fraction of sp³-hybridized carbons (Fsp3) is 0.368. The highest BCUT2D eigenvalue weighted by molar-refractivity contribution is 7.89. The lowest BCUT2D eigenvalue weighted by Crippen LogP contribution is -2.48. The minimum atomic E-state index is -3.48. The zero-order valence-electron chi connectivity index (χ0n) is 16.2. The zero-order chi connectivity index (χ0) is 20.6. The van der Waals surface area contributed by atoms with Gasteiger partial charge in [-0.1, -0.05) is 12.1 Å². The van der Waals surface area contributed by atoms with Gasteiger partial charge in [-0.3, -0.25) is 4.90 Å². The van der Waals surface area contributed by atoms with E-state index in [9.17, 15) is 8.42 Å². The predicted octanol–water partition coefficient (Wildman–Crippen LogP) is 3.51. The van der Waals surface area contributed by atoms with Crippen LogP contribution in [-0.4, -0.2) is 53.6 Å². The number of aryl methyl sites for hydroxylation is 2. The minimum Gasteiger partial charge on any atom is -0.408 e. The van der Waals surface area contributed by atoms with Gasteiger partial charge in [0.1, 0.15) is 0 Å². The van der Waals surface area contributed by atoms with E-state index in [1.807, 2.05) is 37.4 Å². The number of piperazine rings is 1. The summed E-state index contributed by atoms with van der Waals surface area (Å²) >= 11 is 6.83. The second-order valence-corrected chi connectivity index (χ2v) is 10.3. The van der Waals surface area contributed by atoms with E-state index in [0.29, 0.717) is 48.5 Å². The summed E-state index contributed by atoms with van der Waals surface area (Å²) in [6.45, 7) is 6.45. The summed E-state index contributed by atoms with van der Waals surface area (Å²) < 4.78 is 34.7. The summed E-state index contributed by atoms with van der Waals surface area (Å²) in [5.41, 5.74) is 2.06. The molecule has 7 nitrogen and oxygen atoms in total. The van der Waals surface area contributed by atoms with Crippen molar-refractivity contribution < 1.29 is 12.8 Å². The SMILES string of the molecule is Cc1ccc(S(=O)(=O)N2CCN(Cn3nc(-c4cccs4)oc3=S)CC2)cc1C. The molecule has 0 saturated carbocycles. The third kappa shape index (κ3) is 4.22. The van der Waals surface area contributed by atoms with Crippen molar-refractivity contribution >= 4 is 33.6 Å². The Kier molecular flexibility index (Phi) is 5.71. The molecule has 3 aromatic rings. The summed E-state index contributed by atoms with van der Waals surface area (Å²) in [7, 11) is -3.48. The molecule has 1 aliphatic heterocycles. The Hall–Kier alpha value is -1.85. The van der Waals surface area contributed by atoms with E-state index in [0.717, 1.165) is 16.0 Å². The van der Waals surface area contributed by atoms with Crippen LogP contribution in [0.3, 0.4) is 0 Å². The average molecular weight is 451 g/mol.